The lowest BCUT2D eigenvalue weighted by Gasteiger charge is -2.15. The van der Waals surface area contributed by atoms with Gasteiger partial charge in [-0.25, -0.2) is 0 Å². The number of aliphatic imine (C=N–C) groups is 1. The van der Waals surface area contributed by atoms with E-state index in [2.05, 4.69) is 15.6 Å². The molecule has 5 nitrogen and oxygen atoms in total. The zero-order valence-corrected chi connectivity index (χ0v) is 13.5. The first-order chi connectivity index (χ1) is 11.2. The molecule has 1 atom stereocenters. The van der Waals surface area contributed by atoms with Gasteiger partial charge in [0.05, 0.1) is 6.10 Å². The third-order valence-electron chi connectivity index (χ3n) is 3.41. The van der Waals surface area contributed by atoms with Crippen LogP contribution in [-0.2, 0) is 6.61 Å². The minimum Gasteiger partial charge on any atom is -0.489 e. The predicted molar refractivity (Wildman–Crippen MR) is 92.6 cm³/mol. The number of hydrogen-bond acceptors (Lipinski definition) is 3. The van der Waals surface area contributed by atoms with Gasteiger partial charge in [-0.1, -0.05) is 42.5 Å². The zero-order valence-electron chi connectivity index (χ0n) is 13.5. The number of guanidine groups is 1. The van der Waals surface area contributed by atoms with Gasteiger partial charge in [0, 0.05) is 20.6 Å². The molecule has 1 unspecified atom stereocenters. The number of nitrogens with zero attached hydrogens (tertiary/aromatic N) is 1. The second-order valence-corrected chi connectivity index (χ2v) is 5.07. The second kappa shape index (κ2) is 8.80. The van der Waals surface area contributed by atoms with Crippen molar-refractivity contribution in [1.29, 1.82) is 0 Å². The number of rotatable bonds is 6. The molecule has 122 valence electrons. The van der Waals surface area contributed by atoms with Crippen LogP contribution < -0.4 is 15.4 Å². The van der Waals surface area contributed by atoms with Crippen LogP contribution in [0.15, 0.2) is 59.6 Å². The predicted octanol–water partition coefficient (Wildman–Crippen LogP) is 2.09. The number of ether oxygens (including phenoxy) is 1. The van der Waals surface area contributed by atoms with E-state index in [1.54, 1.807) is 14.1 Å². The van der Waals surface area contributed by atoms with Gasteiger partial charge in [0.25, 0.3) is 0 Å². The van der Waals surface area contributed by atoms with Crippen LogP contribution in [-0.4, -0.2) is 31.7 Å². The Balaban J connectivity index is 1.93. The molecule has 5 heteroatoms. The normalized spacial score (nSPS) is 12.6. The number of hydrogen-bond donors (Lipinski definition) is 3. The van der Waals surface area contributed by atoms with Gasteiger partial charge < -0.3 is 20.5 Å². The fourth-order valence-electron chi connectivity index (χ4n) is 2.14. The molecule has 2 aromatic rings. The Hall–Kier alpha value is -2.53. The average molecular weight is 313 g/mol. The first kappa shape index (κ1) is 16.8. The van der Waals surface area contributed by atoms with Crippen LogP contribution in [0.3, 0.4) is 0 Å². The molecular formula is C18H23N3O2. The van der Waals surface area contributed by atoms with Gasteiger partial charge in [-0.3, -0.25) is 4.99 Å². The van der Waals surface area contributed by atoms with Crippen LogP contribution >= 0.6 is 0 Å². The van der Waals surface area contributed by atoms with Gasteiger partial charge in [0.2, 0.25) is 0 Å². The van der Waals surface area contributed by atoms with Crippen LogP contribution in [0.25, 0.3) is 0 Å². The van der Waals surface area contributed by atoms with Crippen LogP contribution in [0.1, 0.15) is 17.2 Å². The van der Waals surface area contributed by atoms with Crippen LogP contribution in [0, 0.1) is 0 Å². The van der Waals surface area contributed by atoms with Gasteiger partial charge in [-0.15, -0.1) is 0 Å². The molecule has 0 aromatic heterocycles. The summed E-state index contributed by atoms with van der Waals surface area (Å²) in [6, 6.07) is 17.5. The van der Waals surface area contributed by atoms with E-state index in [4.69, 9.17) is 4.74 Å². The van der Waals surface area contributed by atoms with Crippen molar-refractivity contribution >= 4 is 5.96 Å². The first-order valence-electron chi connectivity index (χ1n) is 7.56. The molecule has 0 fully saturated rings. The summed E-state index contributed by atoms with van der Waals surface area (Å²) >= 11 is 0. The molecule has 0 saturated heterocycles. The third kappa shape index (κ3) is 5.30. The van der Waals surface area contributed by atoms with Crippen LogP contribution in [0.5, 0.6) is 5.75 Å². The highest BCUT2D eigenvalue weighted by molar-refractivity contribution is 5.79. The van der Waals surface area contributed by atoms with Crippen molar-refractivity contribution in [3.05, 3.63) is 65.7 Å². The summed E-state index contributed by atoms with van der Waals surface area (Å²) in [6.07, 6.45) is -0.639. The summed E-state index contributed by atoms with van der Waals surface area (Å²) in [5.41, 5.74) is 1.91. The highest BCUT2D eigenvalue weighted by Crippen LogP contribution is 2.20. The topological polar surface area (TPSA) is 65.9 Å². The Morgan fingerprint density at radius 1 is 1.17 bits per heavy atom. The number of benzene rings is 2. The summed E-state index contributed by atoms with van der Waals surface area (Å²) in [5.74, 6) is 1.38. The van der Waals surface area contributed by atoms with Crippen molar-refractivity contribution in [3.8, 4) is 5.75 Å². The number of aliphatic hydroxyl groups is 1. The Morgan fingerprint density at radius 2 is 1.96 bits per heavy atom. The molecular weight excluding hydrogens is 290 g/mol. The van der Waals surface area contributed by atoms with E-state index in [0.717, 1.165) is 16.9 Å². The van der Waals surface area contributed by atoms with Crippen molar-refractivity contribution in [1.82, 2.24) is 10.6 Å². The van der Waals surface area contributed by atoms with E-state index < -0.39 is 6.10 Å². The molecule has 2 aromatic carbocycles. The molecule has 0 heterocycles. The monoisotopic (exact) mass is 313 g/mol. The minimum atomic E-state index is -0.639. The summed E-state index contributed by atoms with van der Waals surface area (Å²) in [4.78, 5) is 4.01. The first-order valence-corrected chi connectivity index (χ1v) is 7.56. The fourth-order valence-corrected chi connectivity index (χ4v) is 2.14. The van der Waals surface area contributed by atoms with Crippen molar-refractivity contribution in [2.75, 3.05) is 20.6 Å². The largest absolute Gasteiger partial charge is 0.489 e. The van der Waals surface area contributed by atoms with E-state index in [1.165, 1.54) is 0 Å². The Labute approximate surface area is 137 Å². The van der Waals surface area contributed by atoms with Crippen LogP contribution in [0.4, 0.5) is 0 Å². The lowest BCUT2D eigenvalue weighted by Crippen LogP contribution is -2.37. The maximum absolute atomic E-state index is 10.3. The zero-order chi connectivity index (χ0) is 16.5. The van der Waals surface area contributed by atoms with E-state index in [9.17, 15) is 5.11 Å². The van der Waals surface area contributed by atoms with E-state index in [0.29, 0.717) is 19.1 Å². The highest BCUT2D eigenvalue weighted by Gasteiger charge is 2.09. The molecule has 0 aliphatic rings. The molecule has 0 radical (unpaired) electrons. The summed E-state index contributed by atoms with van der Waals surface area (Å²) in [5, 5.41) is 16.2. The number of nitrogens with one attached hydrogen (secondary N) is 2. The van der Waals surface area contributed by atoms with E-state index in [1.807, 2.05) is 54.6 Å². The van der Waals surface area contributed by atoms with Crippen molar-refractivity contribution in [2.24, 2.45) is 4.99 Å². The molecule has 2 rings (SSSR count). The van der Waals surface area contributed by atoms with Gasteiger partial charge in [-0.05, 0) is 23.3 Å². The Morgan fingerprint density at radius 3 is 2.65 bits per heavy atom. The SMILES string of the molecule is CN=C(NC)NCC(O)c1cccc(OCc2ccccc2)c1. The minimum absolute atomic E-state index is 0.371. The maximum atomic E-state index is 10.3. The van der Waals surface area contributed by atoms with Gasteiger partial charge >= 0.3 is 0 Å². The molecule has 0 aliphatic heterocycles. The van der Waals surface area contributed by atoms with Gasteiger partial charge in [0.1, 0.15) is 12.4 Å². The molecule has 23 heavy (non-hydrogen) atoms. The molecule has 0 aliphatic carbocycles. The lowest BCUT2D eigenvalue weighted by molar-refractivity contribution is 0.180. The van der Waals surface area contributed by atoms with Crippen molar-refractivity contribution in [3.63, 3.8) is 0 Å². The van der Waals surface area contributed by atoms with Gasteiger partial charge in [-0.2, -0.15) is 0 Å². The number of aliphatic hydroxyl groups excluding tert-OH is 1. The van der Waals surface area contributed by atoms with E-state index >= 15 is 0 Å². The Bertz CT molecular complexity index is 629. The third-order valence-corrected chi connectivity index (χ3v) is 3.41. The molecule has 3 N–H and O–H groups in total. The maximum Gasteiger partial charge on any atom is 0.190 e. The smallest absolute Gasteiger partial charge is 0.190 e. The van der Waals surface area contributed by atoms with Gasteiger partial charge in [0.15, 0.2) is 5.96 Å². The average Bonchev–Trinajstić information content (AvgIpc) is 2.62. The molecule has 0 saturated carbocycles. The van der Waals surface area contributed by atoms with Crippen LogP contribution in [0.2, 0.25) is 0 Å². The lowest BCUT2D eigenvalue weighted by atomic mass is 10.1. The Kier molecular flexibility index (Phi) is 6.44. The fraction of sp³-hybridized carbons (Fsp3) is 0.278. The standard InChI is InChI=1S/C18H23N3O2/c1-19-18(20-2)21-12-17(22)15-9-6-10-16(11-15)23-13-14-7-4-3-5-8-14/h3-11,17,22H,12-13H2,1-2H3,(H2,19,20,21). The highest BCUT2D eigenvalue weighted by atomic mass is 16.5. The second-order valence-electron chi connectivity index (χ2n) is 5.07. The van der Waals surface area contributed by atoms with E-state index in [-0.39, 0.29) is 0 Å². The quantitative estimate of drug-likeness (QED) is 0.564. The molecule has 0 spiro atoms. The van der Waals surface area contributed by atoms with Crippen molar-refractivity contribution in [2.45, 2.75) is 12.7 Å². The summed E-state index contributed by atoms with van der Waals surface area (Å²) < 4.78 is 5.78. The summed E-state index contributed by atoms with van der Waals surface area (Å²) in [7, 11) is 3.46. The molecule has 0 amide bonds. The summed E-state index contributed by atoms with van der Waals surface area (Å²) in [6.45, 7) is 0.876. The van der Waals surface area contributed by atoms with Crippen molar-refractivity contribution < 1.29 is 9.84 Å². The molecule has 0 bridgehead atoms.